The smallest absolute Gasteiger partial charge is 0.262 e. The third-order valence-corrected chi connectivity index (χ3v) is 7.30. The number of anilines is 2. The van der Waals surface area contributed by atoms with Gasteiger partial charge in [-0.2, -0.15) is 0 Å². The van der Waals surface area contributed by atoms with Crippen LogP contribution in [0.5, 0.6) is 0 Å². The number of pyridine rings is 1. The number of carbonyl (C=O) groups is 1. The molecular formula is C22H29N5O3S. The van der Waals surface area contributed by atoms with E-state index in [0.717, 1.165) is 50.1 Å². The van der Waals surface area contributed by atoms with E-state index in [1.54, 1.807) is 19.1 Å². The Morgan fingerprint density at radius 3 is 2.42 bits per heavy atom. The number of rotatable bonds is 6. The highest BCUT2D eigenvalue weighted by Crippen LogP contribution is 2.27. The Kier molecular flexibility index (Phi) is 5.90. The lowest BCUT2D eigenvalue weighted by Gasteiger charge is -2.30. The Labute approximate surface area is 183 Å². The molecule has 1 saturated heterocycles. The zero-order chi connectivity index (χ0) is 22.2. The van der Waals surface area contributed by atoms with Gasteiger partial charge in [-0.3, -0.25) is 9.52 Å². The van der Waals surface area contributed by atoms with E-state index in [9.17, 15) is 13.2 Å². The Morgan fingerprint density at radius 2 is 1.74 bits per heavy atom. The maximum atomic E-state index is 13.1. The molecule has 0 bridgehead atoms. The maximum absolute atomic E-state index is 13.1. The number of nitrogens with one attached hydrogen (secondary N) is 3. The summed E-state index contributed by atoms with van der Waals surface area (Å²) in [5, 5.41) is 6.28. The van der Waals surface area contributed by atoms with Gasteiger partial charge < -0.3 is 15.5 Å². The van der Waals surface area contributed by atoms with Crippen LogP contribution in [0.4, 0.5) is 11.5 Å². The van der Waals surface area contributed by atoms with Crippen molar-refractivity contribution < 1.29 is 13.2 Å². The minimum Gasteiger partial charge on any atom is -0.353 e. The molecule has 2 aliphatic rings. The summed E-state index contributed by atoms with van der Waals surface area (Å²) in [7, 11) is -3.82. The molecule has 1 aliphatic heterocycles. The largest absolute Gasteiger partial charge is 0.353 e. The highest BCUT2D eigenvalue weighted by Gasteiger charge is 2.28. The van der Waals surface area contributed by atoms with Gasteiger partial charge in [-0.1, -0.05) is 6.07 Å². The van der Waals surface area contributed by atoms with Gasteiger partial charge in [-0.25, -0.2) is 13.4 Å². The molecule has 3 N–H and O–H groups in total. The molecule has 9 heteroatoms. The number of sulfonamides is 1. The minimum atomic E-state index is -3.82. The summed E-state index contributed by atoms with van der Waals surface area (Å²) in [5.41, 5.74) is 3.29. The van der Waals surface area contributed by atoms with Crippen molar-refractivity contribution in [3.63, 3.8) is 0 Å². The van der Waals surface area contributed by atoms with Crippen molar-refractivity contribution in [2.24, 2.45) is 0 Å². The van der Waals surface area contributed by atoms with Crippen LogP contribution < -0.4 is 20.3 Å². The summed E-state index contributed by atoms with van der Waals surface area (Å²) < 4.78 is 28.8. The van der Waals surface area contributed by atoms with E-state index < -0.39 is 10.0 Å². The van der Waals surface area contributed by atoms with Crippen molar-refractivity contribution in [1.82, 2.24) is 15.6 Å². The lowest BCUT2D eigenvalue weighted by Crippen LogP contribution is -2.44. The number of piperazine rings is 1. The van der Waals surface area contributed by atoms with Crippen molar-refractivity contribution in [2.75, 3.05) is 35.8 Å². The second kappa shape index (κ2) is 8.47. The quantitative estimate of drug-likeness (QED) is 0.632. The summed E-state index contributed by atoms with van der Waals surface area (Å²) in [6.07, 6.45) is 3.43. The van der Waals surface area contributed by atoms with Gasteiger partial charge in [0.2, 0.25) is 0 Å². The number of benzene rings is 1. The van der Waals surface area contributed by atoms with Crippen molar-refractivity contribution in [3.8, 4) is 0 Å². The predicted octanol–water partition coefficient (Wildman–Crippen LogP) is 2.11. The number of carbonyl (C=O) groups excluding carboxylic acids is 1. The van der Waals surface area contributed by atoms with E-state index in [4.69, 9.17) is 0 Å². The first-order chi connectivity index (χ1) is 14.7. The summed E-state index contributed by atoms with van der Waals surface area (Å²) >= 11 is 0. The summed E-state index contributed by atoms with van der Waals surface area (Å²) in [4.78, 5) is 19.7. The van der Waals surface area contributed by atoms with E-state index in [-0.39, 0.29) is 22.5 Å². The predicted molar refractivity (Wildman–Crippen MR) is 121 cm³/mol. The van der Waals surface area contributed by atoms with Crippen molar-refractivity contribution in [2.45, 2.75) is 44.6 Å². The van der Waals surface area contributed by atoms with E-state index >= 15 is 0 Å². The SMILES string of the molecule is Cc1cc(C)c(S(=O)(=O)Nc2cnc(N3CCNCC3)c(C(=O)NC3CC3)c2)cc1C. The molecule has 0 radical (unpaired) electrons. The van der Waals surface area contributed by atoms with E-state index in [0.29, 0.717) is 16.9 Å². The Balaban J connectivity index is 1.66. The zero-order valence-corrected chi connectivity index (χ0v) is 19.0. The second-order valence-corrected chi connectivity index (χ2v) is 10.0. The first kappa shape index (κ1) is 21.6. The van der Waals surface area contributed by atoms with Crippen molar-refractivity contribution in [3.05, 3.63) is 46.6 Å². The summed E-state index contributed by atoms with van der Waals surface area (Å²) in [6, 6.07) is 5.33. The molecular weight excluding hydrogens is 414 g/mol. The van der Waals surface area contributed by atoms with Crippen LogP contribution in [0.3, 0.4) is 0 Å². The molecule has 1 aromatic heterocycles. The van der Waals surface area contributed by atoms with Crippen LogP contribution in [-0.2, 0) is 10.0 Å². The standard InChI is InChI=1S/C22H29N5O3S/c1-14-10-16(3)20(11-15(14)2)31(29,30)26-18-12-19(22(28)25-17-4-5-17)21(24-13-18)27-8-6-23-7-9-27/h10-13,17,23,26H,4-9H2,1-3H3,(H,25,28). The molecule has 2 heterocycles. The molecule has 0 atom stereocenters. The average Bonchev–Trinajstić information content (AvgIpc) is 3.55. The van der Waals surface area contributed by atoms with Gasteiger partial charge in [0.25, 0.3) is 15.9 Å². The lowest BCUT2D eigenvalue weighted by atomic mass is 10.1. The first-order valence-corrected chi connectivity index (χ1v) is 12.1. The average molecular weight is 444 g/mol. The van der Waals surface area contributed by atoms with Gasteiger partial charge >= 0.3 is 0 Å². The van der Waals surface area contributed by atoms with Crippen LogP contribution in [0.15, 0.2) is 29.3 Å². The number of aromatic nitrogens is 1. The van der Waals surface area contributed by atoms with Gasteiger partial charge in [0.05, 0.1) is 22.3 Å². The molecule has 1 amide bonds. The van der Waals surface area contributed by atoms with Gasteiger partial charge in [0.1, 0.15) is 5.82 Å². The number of nitrogens with zero attached hydrogens (tertiary/aromatic N) is 2. The van der Waals surface area contributed by atoms with Gasteiger partial charge in [-0.05, 0) is 62.4 Å². The van der Waals surface area contributed by atoms with Crippen LogP contribution in [0.25, 0.3) is 0 Å². The van der Waals surface area contributed by atoms with Gasteiger partial charge in [-0.15, -0.1) is 0 Å². The molecule has 4 rings (SSSR count). The van der Waals surface area contributed by atoms with Gasteiger partial charge in [0, 0.05) is 32.2 Å². The van der Waals surface area contributed by atoms with Crippen LogP contribution in [-0.4, -0.2) is 51.5 Å². The molecule has 166 valence electrons. The maximum Gasteiger partial charge on any atom is 0.262 e. The van der Waals surface area contributed by atoms with Crippen LogP contribution >= 0.6 is 0 Å². The molecule has 1 saturated carbocycles. The molecule has 2 aromatic rings. The fourth-order valence-electron chi connectivity index (χ4n) is 3.73. The molecule has 1 aromatic carbocycles. The molecule has 0 unspecified atom stereocenters. The monoisotopic (exact) mass is 443 g/mol. The Hall–Kier alpha value is -2.65. The summed E-state index contributed by atoms with van der Waals surface area (Å²) in [5.74, 6) is 0.372. The number of hydrogen-bond donors (Lipinski definition) is 3. The minimum absolute atomic E-state index is 0.196. The highest BCUT2D eigenvalue weighted by molar-refractivity contribution is 7.92. The fourth-order valence-corrected chi connectivity index (χ4v) is 5.08. The van der Waals surface area contributed by atoms with Crippen LogP contribution in [0, 0.1) is 20.8 Å². The third kappa shape index (κ3) is 4.83. The van der Waals surface area contributed by atoms with Gasteiger partial charge in [0.15, 0.2) is 0 Å². The number of hydrogen-bond acceptors (Lipinski definition) is 6. The van der Waals surface area contributed by atoms with Crippen LogP contribution in [0.2, 0.25) is 0 Å². The summed E-state index contributed by atoms with van der Waals surface area (Å²) in [6.45, 7) is 8.72. The van der Waals surface area contributed by atoms with E-state index in [2.05, 4.69) is 25.2 Å². The first-order valence-electron chi connectivity index (χ1n) is 10.6. The Morgan fingerprint density at radius 1 is 1.06 bits per heavy atom. The van der Waals surface area contributed by atoms with E-state index in [1.165, 1.54) is 6.20 Å². The molecule has 31 heavy (non-hydrogen) atoms. The molecule has 2 fully saturated rings. The van der Waals surface area contributed by atoms with Crippen molar-refractivity contribution >= 4 is 27.4 Å². The molecule has 8 nitrogen and oxygen atoms in total. The number of aryl methyl sites for hydroxylation is 3. The highest BCUT2D eigenvalue weighted by atomic mass is 32.2. The normalized spacial score (nSPS) is 16.8. The van der Waals surface area contributed by atoms with Crippen LogP contribution in [0.1, 0.15) is 39.9 Å². The molecule has 0 spiro atoms. The topological polar surface area (TPSA) is 103 Å². The fraction of sp³-hybridized carbons (Fsp3) is 0.455. The van der Waals surface area contributed by atoms with Crippen molar-refractivity contribution in [1.29, 1.82) is 0 Å². The Bertz CT molecular complexity index is 1110. The van der Waals surface area contributed by atoms with E-state index in [1.807, 2.05) is 19.9 Å². The third-order valence-electron chi connectivity index (χ3n) is 5.77. The molecule has 1 aliphatic carbocycles. The second-order valence-electron chi connectivity index (χ2n) is 8.39. The zero-order valence-electron chi connectivity index (χ0n) is 18.2. The number of amides is 1. The lowest BCUT2D eigenvalue weighted by molar-refractivity contribution is 0.0951.